The number of halogens is 2. The highest BCUT2D eigenvalue weighted by molar-refractivity contribution is 6.35. The van der Waals surface area contributed by atoms with Gasteiger partial charge in [-0.15, -0.1) is 0 Å². The van der Waals surface area contributed by atoms with Gasteiger partial charge < -0.3 is 4.74 Å². The first-order chi connectivity index (χ1) is 8.63. The Morgan fingerprint density at radius 3 is 2.94 bits per heavy atom. The van der Waals surface area contributed by atoms with Crippen LogP contribution in [0.2, 0.25) is 10.0 Å². The van der Waals surface area contributed by atoms with Crippen molar-refractivity contribution >= 4 is 35.3 Å². The first-order valence-electron chi connectivity index (χ1n) is 5.14. The summed E-state index contributed by atoms with van der Waals surface area (Å²) in [6.45, 7) is 1.67. The summed E-state index contributed by atoms with van der Waals surface area (Å²) in [5.74, 6) is 0.0235. The second-order valence-corrected chi connectivity index (χ2v) is 4.05. The van der Waals surface area contributed by atoms with E-state index >= 15 is 0 Å². The number of carbonyl (C=O) groups excluding carboxylic acids is 1. The molecule has 4 nitrogen and oxygen atoms in total. The van der Waals surface area contributed by atoms with Crippen LogP contribution in [0.25, 0.3) is 0 Å². The summed E-state index contributed by atoms with van der Waals surface area (Å²) < 4.78 is 5.22. The second kappa shape index (κ2) is 7.74. The molecule has 0 spiro atoms. The molecule has 0 aliphatic carbocycles. The molecule has 0 atom stereocenters. The van der Waals surface area contributed by atoms with Crippen molar-refractivity contribution in [2.45, 2.75) is 6.92 Å². The third kappa shape index (κ3) is 5.21. The number of carbonyl (C=O) groups is 1. The fourth-order valence-corrected chi connectivity index (χ4v) is 1.47. The highest BCUT2D eigenvalue weighted by Crippen LogP contribution is 2.27. The largest absolute Gasteiger partial charge is 0.482 e. The number of allylic oxidation sites excluding steroid dienone is 2. The molecule has 1 rings (SSSR count). The maximum Gasteiger partial charge on any atom is 0.277 e. The number of benzene rings is 1. The molecular weight excluding hydrogens is 275 g/mol. The van der Waals surface area contributed by atoms with E-state index in [1.807, 2.05) is 6.92 Å². The zero-order chi connectivity index (χ0) is 13.4. The van der Waals surface area contributed by atoms with E-state index in [1.165, 1.54) is 6.21 Å². The summed E-state index contributed by atoms with van der Waals surface area (Å²) in [6.07, 6.45) is 4.95. The Labute approximate surface area is 115 Å². The van der Waals surface area contributed by atoms with E-state index in [9.17, 15) is 4.79 Å². The predicted octanol–water partition coefficient (Wildman–Crippen LogP) is 3.05. The minimum Gasteiger partial charge on any atom is -0.482 e. The zero-order valence-corrected chi connectivity index (χ0v) is 11.2. The highest BCUT2D eigenvalue weighted by atomic mass is 35.5. The molecule has 0 unspecified atom stereocenters. The molecule has 0 heterocycles. The lowest BCUT2D eigenvalue weighted by molar-refractivity contribution is -0.123. The molecule has 18 heavy (non-hydrogen) atoms. The lowest BCUT2D eigenvalue weighted by Crippen LogP contribution is -2.24. The maximum atomic E-state index is 11.3. The van der Waals surface area contributed by atoms with Gasteiger partial charge in [0.2, 0.25) is 0 Å². The quantitative estimate of drug-likeness (QED) is 0.668. The topological polar surface area (TPSA) is 50.7 Å². The Morgan fingerprint density at radius 1 is 1.50 bits per heavy atom. The monoisotopic (exact) mass is 286 g/mol. The third-order valence-corrected chi connectivity index (χ3v) is 2.33. The Kier molecular flexibility index (Phi) is 6.25. The van der Waals surface area contributed by atoms with Gasteiger partial charge >= 0.3 is 0 Å². The molecule has 1 aromatic rings. The zero-order valence-electron chi connectivity index (χ0n) is 9.69. The fourth-order valence-electron chi connectivity index (χ4n) is 1.01. The number of nitrogens with one attached hydrogen (secondary N) is 1. The van der Waals surface area contributed by atoms with Crippen LogP contribution in [0, 0.1) is 0 Å². The van der Waals surface area contributed by atoms with E-state index in [-0.39, 0.29) is 12.5 Å². The lowest BCUT2D eigenvalue weighted by Gasteiger charge is -2.06. The average Bonchev–Trinajstić information content (AvgIpc) is 2.33. The summed E-state index contributed by atoms with van der Waals surface area (Å²) in [4.78, 5) is 11.3. The lowest BCUT2D eigenvalue weighted by atomic mass is 10.3. The van der Waals surface area contributed by atoms with E-state index in [1.54, 1.807) is 30.4 Å². The van der Waals surface area contributed by atoms with Crippen LogP contribution in [0.4, 0.5) is 0 Å². The maximum absolute atomic E-state index is 11.3. The van der Waals surface area contributed by atoms with E-state index in [2.05, 4.69) is 10.5 Å². The van der Waals surface area contributed by atoms with Gasteiger partial charge in [-0.2, -0.15) is 5.10 Å². The van der Waals surface area contributed by atoms with Crippen molar-refractivity contribution in [2.75, 3.05) is 6.61 Å². The number of hydrogen-bond acceptors (Lipinski definition) is 3. The van der Waals surface area contributed by atoms with E-state index in [0.29, 0.717) is 15.8 Å². The summed E-state index contributed by atoms with van der Waals surface area (Å²) >= 11 is 11.6. The van der Waals surface area contributed by atoms with E-state index in [0.717, 1.165) is 0 Å². The molecule has 1 amide bonds. The molecule has 0 saturated carbocycles. The van der Waals surface area contributed by atoms with Crippen LogP contribution in [0.3, 0.4) is 0 Å². The van der Waals surface area contributed by atoms with Crippen LogP contribution < -0.4 is 10.2 Å². The van der Waals surface area contributed by atoms with Crippen molar-refractivity contribution < 1.29 is 9.53 Å². The molecule has 1 aromatic carbocycles. The number of rotatable bonds is 5. The Bertz CT molecular complexity index is 473. The molecular formula is C12H12Cl2N2O2. The Balaban J connectivity index is 2.42. The molecule has 0 fully saturated rings. The molecule has 96 valence electrons. The van der Waals surface area contributed by atoms with Crippen LogP contribution in [0.15, 0.2) is 35.5 Å². The van der Waals surface area contributed by atoms with E-state index in [4.69, 9.17) is 27.9 Å². The minimum atomic E-state index is -0.373. The standard InChI is InChI=1S/C12H12Cl2N2O2/c1-2-3-6-15-16-12(17)8-18-11-5-4-9(13)7-10(11)14/h2-7H,8H2,1H3,(H,16,17)/b3-2+,15-6+. The molecule has 6 heteroatoms. The van der Waals surface area contributed by atoms with Crippen molar-refractivity contribution in [1.29, 1.82) is 0 Å². The molecule has 0 radical (unpaired) electrons. The molecule has 0 aliphatic heterocycles. The van der Waals surface area contributed by atoms with Gasteiger partial charge in [-0.25, -0.2) is 5.43 Å². The van der Waals surface area contributed by atoms with Crippen molar-refractivity contribution in [3.05, 3.63) is 40.4 Å². The molecule has 0 saturated heterocycles. The van der Waals surface area contributed by atoms with E-state index < -0.39 is 0 Å². The van der Waals surface area contributed by atoms with Gasteiger partial charge in [0, 0.05) is 11.2 Å². The number of ether oxygens (including phenoxy) is 1. The van der Waals surface area contributed by atoms with Gasteiger partial charge in [-0.1, -0.05) is 29.3 Å². The van der Waals surface area contributed by atoms with Crippen LogP contribution in [-0.2, 0) is 4.79 Å². The smallest absolute Gasteiger partial charge is 0.277 e. The van der Waals surface area contributed by atoms with Gasteiger partial charge in [-0.05, 0) is 31.2 Å². The fraction of sp³-hybridized carbons (Fsp3) is 0.167. The normalized spacial score (nSPS) is 11.1. The van der Waals surface area contributed by atoms with Crippen molar-refractivity contribution in [3.63, 3.8) is 0 Å². The number of hydrogen-bond donors (Lipinski definition) is 1. The summed E-state index contributed by atoms with van der Waals surface area (Å²) in [5, 5.41) is 4.53. The van der Waals surface area contributed by atoms with Gasteiger partial charge in [0.15, 0.2) is 6.61 Å². The summed E-state index contributed by atoms with van der Waals surface area (Å²) in [7, 11) is 0. The SMILES string of the molecule is C/C=C/C=N/NC(=O)COc1ccc(Cl)cc1Cl. The van der Waals surface area contributed by atoms with Gasteiger partial charge in [-0.3, -0.25) is 4.79 Å². The summed E-state index contributed by atoms with van der Waals surface area (Å²) in [6, 6.07) is 4.77. The third-order valence-electron chi connectivity index (χ3n) is 1.79. The van der Waals surface area contributed by atoms with Crippen LogP contribution >= 0.6 is 23.2 Å². The first-order valence-corrected chi connectivity index (χ1v) is 5.90. The van der Waals surface area contributed by atoms with Gasteiger partial charge in [0.05, 0.1) is 5.02 Å². The van der Waals surface area contributed by atoms with Gasteiger partial charge in [0.25, 0.3) is 5.91 Å². The summed E-state index contributed by atoms with van der Waals surface area (Å²) in [5.41, 5.74) is 2.30. The Morgan fingerprint density at radius 2 is 2.28 bits per heavy atom. The number of amides is 1. The minimum absolute atomic E-state index is 0.172. The van der Waals surface area contributed by atoms with Crippen LogP contribution in [0.5, 0.6) is 5.75 Å². The number of hydrazone groups is 1. The van der Waals surface area contributed by atoms with Gasteiger partial charge in [0.1, 0.15) is 5.75 Å². The predicted molar refractivity (Wildman–Crippen MR) is 73.4 cm³/mol. The van der Waals surface area contributed by atoms with Crippen LogP contribution in [0.1, 0.15) is 6.92 Å². The van der Waals surface area contributed by atoms with Crippen molar-refractivity contribution in [3.8, 4) is 5.75 Å². The average molecular weight is 287 g/mol. The van der Waals surface area contributed by atoms with Crippen LogP contribution in [-0.4, -0.2) is 18.7 Å². The highest BCUT2D eigenvalue weighted by Gasteiger charge is 2.05. The number of nitrogens with zero attached hydrogens (tertiary/aromatic N) is 1. The molecule has 0 bridgehead atoms. The first kappa shape index (κ1) is 14.5. The molecule has 0 aromatic heterocycles. The molecule has 1 N–H and O–H groups in total. The van der Waals surface area contributed by atoms with Crippen molar-refractivity contribution in [1.82, 2.24) is 5.43 Å². The second-order valence-electron chi connectivity index (χ2n) is 3.20. The van der Waals surface area contributed by atoms with Crippen molar-refractivity contribution in [2.24, 2.45) is 5.10 Å². The Hall–Kier alpha value is -1.52. The molecule has 0 aliphatic rings.